The number of hydrogen-bond donors (Lipinski definition) is 2. The standard InChI is InChI=1S/C37H52N2O9Si/c1-12-17-45-35(42)38-31-20-33(48-49(23(2)3,24(4)5)25(6)7)32(44-11)19-30(31)34(41)39-21-27(18-28(39)22-40)26-13-15-29(16-14-26)46-36(43)47-37(8,9)10/h12-16,19-21,23-25,28,40H,1,17-18,22H2,2-11H3,(H,38,42)/t28-/m0/s1. The van der Waals surface area contributed by atoms with Crippen LogP contribution in [-0.4, -0.2) is 68.4 Å². The van der Waals surface area contributed by atoms with Gasteiger partial charge in [0.2, 0.25) is 0 Å². The number of nitrogens with one attached hydrogen (secondary N) is 1. The predicted octanol–water partition coefficient (Wildman–Crippen LogP) is 8.55. The van der Waals surface area contributed by atoms with Crippen molar-refractivity contribution in [1.82, 2.24) is 4.90 Å². The molecule has 3 rings (SSSR count). The number of aliphatic hydroxyl groups is 1. The summed E-state index contributed by atoms with van der Waals surface area (Å²) in [5, 5.41) is 13.1. The Morgan fingerprint density at radius 1 is 1.02 bits per heavy atom. The lowest BCUT2D eigenvalue weighted by Crippen LogP contribution is -2.50. The molecule has 0 radical (unpaired) electrons. The molecule has 0 aliphatic carbocycles. The van der Waals surface area contributed by atoms with Crippen molar-refractivity contribution in [3.63, 3.8) is 0 Å². The predicted molar refractivity (Wildman–Crippen MR) is 193 cm³/mol. The fraction of sp³-hybridized carbons (Fsp3) is 0.486. The van der Waals surface area contributed by atoms with Crippen molar-refractivity contribution in [2.75, 3.05) is 25.6 Å². The van der Waals surface area contributed by atoms with E-state index in [1.807, 2.05) is 0 Å². The molecule has 11 nitrogen and oxygen atoms in total. The van der Waals surface area contributed by atoms with Crippen LogP contribution in [0, 0.1) is 0 Å². The van der Waals surface area contributed by atoms with Crippen LogP contribution in [0.1, 0.15) is 84.7 Å². The molecule has 1 heterocycles. The summed E-state index contributed by atoms with van der Waals surface area (Å²) in [5.74, 6) is 0.599. The first kappa shape index (κ1) is 39.1. The molecular weight excluding hydrogens is 644 g/mol. The summed E-state index contributed by atoms with van der Waals surface area (Å²) in [7, 11) is -0.961. The number of methoxy groups -OCH3 is 1. The second-order valence-corrected chi connectivity index (χ2v) is 19.4. The molecule has 12 heteroatoms. The lowest BCUT2D eigenvalue weighted by Gasteiger charge is -2.42. The number of hydrogen-bond acceptors (Lipinski definition) is 9. The molecule has 0 spiro atoms. The van der Waals surface area contributed by atoms with Crippen LogP contribution < -0.4 is 19.2 Å². The zero-order chi connectivity index (χ0) is 36.7. The van der Waals surface area contributed by atoms with Crippen molar-refractivity contribution < 1.29 is 42.9 Å². The van der Waals surface area contributed by atoms with E-state index in [0.29, 0.717) is 23.7 Å². The van der Waals surface area contributed by atoms with Crippen LogP contribution in [0.3, 0.4) is 0 Å². The molecule has 2 aromatic rings. The van der Waals surface area contributed by atoms with E-state index >= 15 is 0 Å². The Labute approximate surface area is 291 Å². The van der Waals surface area contributed by atoms with E-state index in [0.717, 1.165) is 11.1 Å². The Balaban J connectivity index is 2.04. The van der Waals surface area contributed by atoms with Gasteiger partial charge in [0.15, 0.2) is 5.75 Å². The zero-order valence-corrected chi connectivity index (χ0v) is 31.4. The van der Waals surface area contributed by atoms with Gasteiger partial charge in [0.05, 0.1) is 31.0 Å². The van der Waals surface area contributed by atoms with E-state index < -0.39 is 38.1 Å². The number of ether oxygens (including phenoxy) is 4. The summed E-state index contributed by atoms with van der Waals surface area (Å²) >= 11 is 0. The number of aliphatic hydroxyl groups excluding tert-OH is 1. The van der Waals surface area contributed by atoms with Gasteiger partial charge >= 0.3 is 12.2 Å². The van der Waals surface area contributed by atoms with Crippen LogP contribution in [0.5, 0.6) is 17.2 Å². The number of benzene rings is 2. The number of carbonyl (C=O) groups excluding carboxylic acids is 3. The zero-order valence-electron chi connectivity index (χ0n) is 30.4. The smallest absolute Gasteiger partial charge is 0.514 e. The first-order valence-corrected chi connectivity index (χ1v) is 18.7. The van der Waals surface area contributed by atoms with Crippen molar-refractivity contribution in [2.45, 2.75) is 97.0 Å². The molecule has 2 N–H and O–H groups in total. The Hall–Kier alpha value is -4.29. The van der Waals surface area contributed by atoms with Gasteiger partial charge in [-0.3, -0.25) is 10.1 Å². The van der Waals surface area contributed by atoms with Gasteiger partial charge in [0.25, 0.3) is 14.2 Å². The van der Waals surface area contributed by atoms with Crippen molar-refractivity contribution in [3.05, 3.63) is 66.4 Å². The molecular formula is C37H52N2O9Si. The van der Waals surface area contributed by atoms with Gasteiger partial charge in [0, 0.05) is 12.3 Å². The van der Waals surface area contributed by atoms with Crippen LogP contribution in [0.4, 0.5) is 15.3 Å². The third kappa shape index (κ3) is 9.45. The average Bonchev–Trinajstić information content (AvgIpc) is 3.45. The van der Waals surface area contributed by atoms with E-state index in [1.165, 1.54) is 18.1 Å². The number of nitrogens with zero attached hydrogens (tertiary/aromatic N) is 1. The maximum atomic E-state index is 14.3. The fourth-order valence-electron chi connectivity index (χ4n) is 6.39. The van der Waals surface area contributed by atoms with E-state index in [9.17, 15) is 19.5 Å². The maximum Gasteiger partial charge on any atom is 0.514 e. The van der Waals surface area contributed by atoms with Gasteiger partial charge < -0.3 is 33.4 Å². The van der Waals surface area contributed by atoms with Crippen molar-refractivity contribution in [2.24, 2.45) is 0 Å². The number of anilines is 1. The molecule has 1 aliphatic rings. The maximum absolute atomic E-state index is 14.3. The molecule has 2 aromatic carbocycles. The van der Waals surface area contributed by atoms with Gasteiger partial charge in [-0.2, -0.15) is 0 Å². The van der Waals surface area contributed by atoms with Crippen molar-refractivity contribution in [1.29, 1.82) is 0 Å². The minimum absolute atomic E-state index is 0.0227. The Morgan fingerprint density at radius 3 is 2.14 bits per heavy atom. The molecule has 49 heavy (non-hydrogen) atoms. The second kappa shape index (κ2) is 16.4. The van der Waals surface area contributed by atoms with Crippen LogP contribution in [0.25, 0.3) is 5.57 Å². The van der Waals surface area contributed by atoms with Gasteiger partial charge in [-0.05, 0) is 73.2 Å². The van der Waals surface area contributed by atoms with Crippen molar-refractivity contribution in [3.8, 4) is 17.2 Å². The molecule has 0 unspecified atom stereocenters. The SMILES string of the molecule is C=CCOC(=O)Nc1cc(O[Si](C(C)C)(C(C)C)C(C)C)c(OC)cc1C(=O)N1C=C(c2ccc(OC(=O)OC(C)(C)C)cc2)C[C@H]1CO. The summed E-state index contributed by atoms with van der Waals surface area (Å²) in [5.41, 5.74) is 1.93. The Morgan fingerprint density at radius 2 is 1.63 bits per heavy atom. The quantitative estimate of drug-likeness (QED) is 0.0915. The molecule has 0 bridgehead atoms. The van der Waals surface area contributed by atoms with E-state index in [-0.39, 0.29) is 41.1 Å². The first-order chi connectivity index (χ1) is 23.0. The summed E-state index contributed by atoms with van der Waals surface area (Å²) in [4.78, 5) is 40.6. The van der Waals surface area contributed by atoms with Gasteiger partial charge in [0.1, 0.15) is 23.7 Å². The number of carbonyl (C=O) groups is 3. The third-order valence-corrected chi connectivity index (χ3v) is 14.5. The minimum atomic E-state index is -2.47. The van der Waals surface area contributed by atoms with Crippen LogP contribution >= 0.6 is 0 Å². The van der Waals surface area contributed by atoms with Crippen LogP contribution in [0.2, 0.25) is 16.6 Å². The highest BCUT2D eigenvalue weighted by atomic mass is 28.4. The van der Waals surface area contributed by atoms with Gasteiger partial charge in [-0.15, -0.1) is 0 Å². The van der Waals surface area contributed by atoms with E-state index in [4.69, 9.17) is 23.4 Å². The molecule has 1 aliphatic heterocycles. The monoisotopic (exact) mass is 696 g/mol. The second-order valence-electron chi connectivity index (χ2n) is 14.0. The highest BCUT2D eigenvalue weighted by Crippen LogP contribution is 2.46. The Kier molecular flexibility index (Phi) is 13.1. The van der Waals surface area contributed by atoms with Crippen LogP contribution in [0.15, 0.2) is 55.3 Å². The number of amides is 2. The van der Waals surface area contributed by atoms with Gasteiger partial charge in [-0.25, -0.2) is 9.59 Å². The highest BCUT2D eigenvalue weighted by molar-refractivity contribution is 6.78. The minimum Gasteiger partial charge on any atom is -0.540 e. The molecule has 0 saturated heterocycles. The van der Waals surface area contributed by atoms with E-state index in [2.05, 4.69) is 53.4 Å². The molecule has 0 fully saturated rings. The molecule has 1 atom stereocenters. The number of rotatable bonds is 13. The van der Waals surface area contributed by atoms with Crippen molar-refractivity contribution >= 4 is 37.7 Å². The lowest BCUT2D eigenvalue weighted by molar-refractivity contribution is 0.0206. The third-order valence-electron chi connectivity index (χ3n) is 8.50. The first-order valence-electron chi connectivity index (χ1n) is 16.6. The summed E-state index contributed by atoms with van der Waals surface area (Å²) in [6.07, 6.45) is 1.91. The normalized spacial score (nSPS) is 14.9. The molecule has 0 saturated carbocycles. The Bertz CT molecular complexity index is 1510. The fourth-order valence-corrected chi connectivity index (χ4v) is 11.6. The van der Waals surface area contributed by atoms with Crippen LogP contribution in [-0.2, 0) is 9.47 Å². The molecule has 268 valence electrons. The molecule has 2 amide bonds. The summed E-state index contributed by atoms with van der Waals surface area (Å²) in [6.45, 7) is 21.5. The largest absolute Gasteiger partial charge is 0.540 e. The van der Waals surface area contributed by atoms with E-state index in [1.54, 1.807) is 63.4 Å². The highest BCUT2D eigenvalue weighted by Gasteiger charge is 2.47. The summed E-state index contributed by atoms with van der Waals surface area (Å²) in [6, 6.07) is 9.39. The molecule has 0 aromatic heterocycles. The lowest BCUT2D eigenvalue weighted by atomic mass is 10.0. The summed E-state index contributed by atoms with van der Waals surface area (Å²) < 4.78 is 28.4. The average molecular weight is 697 g/mol. The topological polar surface area (TPSA) is 133 Å². The van der Waals surface area contributed by atoms with Gasteiger partial charge in [-0.1, -0.05) is 66.3 Å².